The van der Waals surface area contributed by atoms with Crippen LogP contribution < -0.4 is 5.69 Å². The number of carboxylic acid groups (broad SMARTS) is 1. The molecular weight excluding hydrogens is 244 g/mol. The SMILES string of the molecule is O=C(O)c1cccc2c1[nH]c(=O)n2CCCC1CC1. The first-order valence-corrected chi connectivity index (χ1v) is 6.61. The van der Waals surface area contributed by atoms with E-state index in [0.29, 0.717) is 17.6 Å². The molecule has 1 aliphatic carbocycles. The number of rotatable bonds is 5. The second kappa shape index (κ2) is 4.57. The van der Waals surface area contributed by atoms with E-state index >= 15 is 0 Å². The predicted molar refractivity (Wildman–Crippen MR) is 71.5 cm³/mol. The molecule has 0 unspecified atom stereocenters. The van der Waals surface area contributed by atoms with Crippen LogP contribution in [0.15, 0.2) is 23.0 Å². The molecule has 0 atom stereocenters. The highest BCUT2D eigenvalue weighted by molar-refractivity contribution is 6.00. The van der Waals surface area contributed by atoms with Gasteiger partial charge in [0.25, 0.3) is 0 Å². The Bertz CT molecular complexity index is 680. The average Bonchev–Trinajstić information content (AvgIpc) is 3.13. The van der Waals surface area contributed by atoms with Gasteiger partial charge in [0.05, 0.1) is 16.6 Å². The number of imidazole rings is 1. The zero-order chi connectivity index (χ0) is 13.4. The van der Waals surface area contributed by atoms with E-state index in [2.05, 4.69) is 4.98 Å². The van der Waals surface area contributed by atoms with Crippen LogP contribution >= 0.6 is 0 Å². The van der Waals surface area contributed by atoms with Gasteiger partial charge in [0.15, 0.2) is 0 Å². The van der Waals surface area contributed by atoms with E-state index in [-0.39, 0.29) is 11.3 Å². The highest BCUT2D eigenvalue weighted by Crippen LogP contribution is 2.33. The predicted octanol–water partition coefficient (Wildman–Crippen LogP) is 2.22. The van der Waals surface area contributed by atoms with Gasteiger partial charge in [-0.25, -0.2) is 9.59 Å². The fourth-order valence-corrected chi connectivity index (χ4v) is 2.53. The lowest BCUT2D eigenvalue weighted by Crippen LogP contribution is -2.16. The highest BCUT2D eigenvalue weighted by Gasteiger charge is 2.21. The van der Waals surface area contributed by atoms with Crippen LogP contribution in [0.5, 0.6) is 0 Å². The Kier molecular flexibility index (Phi) is 2.89. The monoisotopic (exact) mass is 260 g/mol. The molecular formula is C14H16N2O3. The summed E-state index contributed by atoms with van der Waals surface area (Å²) in [4.78, 5) is 25.7. The van der Waals surface area contributed by atoms with Crippen molar-refractivity contribution in [2.45, 2.75) is 32.2 Å². The van der Waals surface area contributed by atoms with Gasteiger partial charge in [-0.15, -0.1) is 0 Å². The standard InChI is InChI=1S/C14H16N2O3/c17-13(18)10-4-1-5-11-12(10)15-14(19)16(11)8-2-3-9-6-7-9/h1,4-5,9H,2-3,6-8H2,(H,15,19)(H,17,18). The van der Waals surface area contributed by atoms with E-state index in [0.717, 1.165) is 18.8 Å². The zero-order valence-corrected chi connectivity index (χ0v) is 10.6. The number of nitrogens with zero attached hydrogens (tertiary/aromatic N) is 1. The van der Waals surface area contributed by atoms with E-state index in [1.807, 2.05) is 0 Å². The van der Waals surface area contributed by atoms with Crippen molar-refractivity contribution in [2.75, 3.05) is 0 Å². The topological polar surface area (TPSA) is 75.1 Å². The number of benzene rings is 1. The molecule has 0 saturated heterocycles. The Morgan fingerprint density at radius 2 is 2.21 bits per heavy atom. The van der Waals surface area contributed by atoms with E-state index in [9.17, 15) is 9.59 Å². The summed E-state index contributed by atoms with van der Waals surface area (Å²) in [5.74, 6) is -0.174. The molecule has 0 bridgehead atoms. The number of hydrogen-bond acceptors (Lipinski definition) is 2. The van der Waals surface area contributed by atoms with Gasteiger partial charge in [0.2, 0.25) is 0 Å². The summed E-state index contributed by atoms with van der Waals surface area (Å²) < 4.78 is 1.64. The first-order valence-electron chi connectivity index (χ1n) is 6.61. The molecule has 1 saturated carbocycles. The number of aromatic carboxylic acids is 1. The lowest BCUT2D eigenvalue weighted by molar-refractivity contribution is 0.0699. The van der Waals surface area contributed by atoms with Crippen LogP contribution in [0.3, 0.4) is 0 Å². The molecule has 2 N–H and O–H groups in total. The van der Waals surface area contributed by atoms with Crippen molar-refractivity contribution in [2.24, 2.45) is 5.92 Å². The van der Waals surface area contributed by atoms with Crippen molar-refractivity contribution in [3.63, 3.8) is 0 Å². The van der Waals surface area contributed by atoms with Gasteiger partial charge < -0.3 is 10.1 Å². The fraction of sp³-hybridized carbons (Fsp3) is 0.429. The van der Waals surface area contributed by atoms with Gasteiger partial charge in [-0.2, -0.15) is 0 Å². The number of H-pyrrole nitrogens is 1. The van der Waals surface area contributed by atoms with Gasteiger partial charge in [-0.3, -0.25) is 4.57 Å². The first kappa shape index (κ1) is 12.0. The molecule has 0 spiro atoms. The molecule has 1 heterocycles. The lowest BCUT2D eigenvalue weighted by Gasteiger charge is -2.03. The Labute approximate surface area is 109 Å². The second-order valence-corrected chi connectivity index (χ2v) is 5.17. The van der Waals surface area contributed by atoms with Gasteiger partial charge in [0, 0.05) is 6.54 Å². The van der Waals surface area contributed by atoms with Gasteiger partial charge in [-0.05, 0) is 30.9 Å². The average molecular weight is 260 g/mol. The summed E-state index contributed by atoms with van der Waals surface area (Å²) in [6, 6.07) is 4.97. The van der Waals surface area contributed by atoms with Crippen LogP contribution in [0.1, 0.15) is 36.0 Å². The molecule has 100 valence electrons. The summed E-state index contributed by atoms with van der Waals surface area (Å²) in [5, 5.41) is 9.11. The minimum Gasteiger partial charge on any atom is -0.478 e. The van der Waals surface area contributed by atoms with Crippen LogP contribution in [0.4, 0.5) is 0 Å². The summed E-state index contributed by atoms with van der Waals surface area (Å²) >= 11 is 0. The second-order valence-electron chi connectivity index (χ2n) is 5.17. The highest BCUT2D eigenvalue weighted by atomic mass is 16.4. The summed E-state index contributed by atoms with van der Waals surface area (Å²) in [5.41, 5.74) is 1.03. The lowest BCUT2D eigenvalue weighted by atomic mass is 10.2. The van der Waals surface area contributed by atoms with E-state index < -0.39 is 5.97 Å². The Morgan fingerprint density at radius 1 is 1.42 bits per heavy atom. The molecule has 1 aromatic carbocycles. The summed E-state index contributed by atoms with van der Waals surface area (Å²) in [6.07, 6.45) is 4.74. The van der Waals surface area contributed by atoms with Crippen molar-refractivity contribution < 1.29 is 9.90 Å². The Hall–Kier alpha value is -2.04. The van der Waals surface area contributed by atoms with Gasteiger partial charge >= 0.3 is 11.7 Å². The van der Waals surface area contributed by atoms with E-state index in [4.69, 9.17) is 5.11 Å². The number of aryl methyl sites for hydroxylation is 1. The van der Waals surface area contributed by atoms with Crippen molar-refractivity contribution in [1.82, 2.24) is 9.55 Å². The quantitative estimate of drug-likeness (QED) is 0.865. The maximum absolute atomic E-state index is 11.9. The smallest absolute Gasteiger partial charge is 0.337 e. The van der Waals surface area contributed by atoms with Gasteiger partial charge in [0.1, 0.15) is 0 Å². The number of aromatic amines is 1. The van der Waals surface area contributed by atoms with E-state index in [1.165, 1.54) is 18.9 Å². The summed E-state index contributed by atoms with van der Waals surface area (Å²) in [6.45, 7) is 0.651. The maximum atomic E-state index is 11.9. The maximum Gasteiger partial charge on any atom is 0.337 e. The van der Waals surface area contributed by atoms with Crippen molar-refractivity contribution in [1.29, 1.82) is 0 Å². The number of aromatic nitrogens is 2. The minimum absolute atomic E-state index is 0.149. The third kappa shape index (κ3) is 2.28. The fourth-order valence-electron chi connectivity index (χ4n) is 2.53. The zero-order valence-electron chi connectivity index (χ0n) is 10.6. The molecule has 0 aliphatic heterocycles. The molecule has 2 aromatic rings. The molecule has 1 aromatic heterocycles. The van der Waals surface area contributed by atoms with Crippen molar-refractivity contribution in [3.8, 4) is 0 Å². The molecule has 0 radical (unpaired) electrons. The Morgan fingerprint density at radius 3 is 2.89 bits per heavy atom. The number of carbonyl (C=O) groups is 1. The molecule has 3 rings (SSSR count). The minimum atomic E-state index is -1.02. The van der Waals surface area contributed by atoms with E-state index in [1.54, 1.807) is 16.7 Å². The van der Waals surface area contributed by atoms with Crippen LogP contribution in [-0.4, -0.2) is 20.6 Å². The number of nitrogens with one attached hydrogen (secondary N) is 1. The molecule has 5 heteroatoms. The van der Waals surface area contributed by atoms with Gasteiger partial charge in [-0.1, -0.05) is 18.9 Å². The van der Waals surface area contributed by atoms with Crippen LogP contribution in [0.25, 0.3) is 11.0 Å². The van der Waals surface area contributed by atoms with Crippen LogP contribution in [-0.2, 0) is 6.54 Å². The number of carboxylic acids is 1. The molecule has 0 amide bonds. The normalized spacial score (nSPS) is 14.9. The van der Waals surface area contributed by atoms with Crippen molar-refractivity contribution in [3.05, 3.63) is 34.2 Å². The van der Waals surface area contributed by atoms with Crippen LogP contribution in [0, 0.1) is 5.92 Å². The van der Waals surface area contributed by atoms with Crippen LogP contribution in [0.2, 0.25) is 0 Å². The number of fused-ring (bicyclic) bond motifs is 1. The molecule has 1 aliphatic rings. The van der Waals surface area contributed by atoms with Crippen molar-refractivity contribution >= 4 is 17.0 Å². The molecule has 5 nitrogen and oxygen atoms in total. The molecule has 19 heavy (non-hydrogen) atoms. The third-order valence-corrected chi connectivity index (χ3v) is 3.73. The Balaban J connectivity index is 1.94. The first-order chi connectivity index (χ1) is 9.16. The third-order valence-electron chi connectivity index (χ3n) is 3.73. The number of para-hydroxylation sites is 1. The summed E-state index contributed by atoms with van der Waals surface area (Å²) in [7, 11) is 0. The molecule has 1 fully saturated rings. The largest absolute Gasteiger partial charge is 0.478 e. The number of hydrogen-bond donors (Lipinski definition) is 2.